The number of fused-ring (bicyclic) bond motifs is 1. The van der Waals surface area contributed by atoms with Gasteiger partial charge < -0.3 is 15.4 Å². The van der Waals surface area contributed by atoms with E-state index in [1.54, 1.807) is 25.3 Å². The minimum Gasteiger partial charge on any atom is -0.497 e. The van der Waals surface area contributed by atoms with Crippen molar-refractivity contribution in [1.29, 1.82) is 0 Å². The lowest BCUT2D eigenvalue weighted by Gasteiger charge is -2.06. The Morgan fingerprint density at radius 2 is 1.86 bits per heavy atom. The van der Waals surface area contributed by atoms with E-state index in [9.17, 15) is 9.18 Å². The Bertz CT molecular complexity index is 1190. The predicted octanol–water partition coefficient (Wildman–Crippen LogP) is 2.79. The number of hydrogen-bond donors (Lipinski definition) is 3. The molecule has 2 aromatic heterocycles. The molecule has 8 nitrogen and oxygen atoms in total. The first-order chi connectivity index (χ1) is 14.1. The highest BCUT2D eigenvalue weighted by atomic mass is 19.1. The summed E-state index contributed by atoms with van der Waals surface area (Å²) >= 11 is 0. The van der Waals surface area contributed by atoms with E-state index in [0.717, 1.165) is 11.3 Å². The van der Waals surface area contributed by atoms with Crippen LogP contribution in [0.2, 0.25) is 0 Å². The van der Waals surface area contributed by atoms with Gasteiger partial charge in [0.05, 0.1) is 25.0 Å². The fourth-order valence-corrected chi connectivity index (χ4v) is 2.82. The molecule has 2 aromatic carbocycles. The number of para-hydroxylation sites is 1. The lowest BCUT2D eigenvalue weighted by molar-refractivity contribution is 0.414. The van der Waals surface area contributed by atoms with Crippen molar-refractivity contribution in [2.24, 2.45) is 0 Å². The number of nitrogens with zero attached hydrogens (tertiary/aromatic N) is 3. The molecule has 4 rings (SSSR count). The van der Waals surface area contributed by atoms with Gasteiger partial charge in [-0.1, -0.05) is 24.3 Å². The van der Waals surface area contributed by atoms with Gasteiger partial charge in [-0.2, -0.15) is 9.50 Å². The average Bonchev–Trinajstić information content (AvgIpc) is 3.16. The number of H-pyrrole nitrogens is 1. The van der Waals surface area contributed by atoms with Gasteiger partial charge in [0.2, 0.25) is 5.95 Å². The molecule has 0 aliphatic heterocycles. The van der Waals surface area contributed by atoms with E-state index in [0.29, 0.717) is 23.9 Å². The van der Waals surface area contributed by atoms with Crippen LogP contribution in [0.5, 0.6) is 5.75 Å². The van der Waals surface area contributed by atoms with Gasteiger partial charge in [-0.05, 0) is 29.8 Å². The van der Waals surface area contributed by atoms with Crippen molar-refractivity contribution in [3.8, 4) is 5.75 Å². The molecule has 148 valence electrons. The number of aromatic amines is 1. The molecule has 0 saturated carbocycles. The van der Waals surface area contributed by atoms with Crippen LogP contribution in [0.25, 0.3) is 5.78 Å². The Kier molecular flexibility index (Phi) is 5.10. The number of ether oxygens (including phenoxy) is 1. The number of nitrogens with one attached hydrogen (secondary N) is 3. The predicted molar refractivity (Wildman–Crippen MR) is 108 cm³/mol. The third-order valence-electron chi connectivity index (χ3n) is 4.34. The SMILES string of the molecule is COc1ccc(CNc2nc3nc(CNc4ccccc4F)cc(=O)n3[nH]2)cc1. The van der Waals surface area contributed by atoms with Crippen LogP contribution in [0.1, 0.15) is 11.3 Å². The van der Waals surface area contributed by atoms with Crippen LogP contribution >= 0.6 is 0 Å². The molecule has 0 radical (unpaired) electrons. The van der Waals surface area contributed by atoms with Crippen molar-refractivity contribution >= 4 is 17.4 Å². The summed E-state index contributed by atoms with van der Waals surface area (Å²) in [4.78, 5) is 21.0. The van der Waals surface area contributed by atoms with Crippen molar-refractivity contribution in [3.05, 3.63) is 82.0 Å². The molecule has 0 saturated heterocycles. The topological polar surface area (TPSA) is 96.3 Å². The second-order valence-corrected chi connectivity index (χ2v) is 6.33. The fraction of sp³-hybridized carbons (Fsp3) is 0.150. The standard InChI is InChI=1S/C20H19FN6O2/c1-29-15-8-6-13(7-9-15)11-23-19-25-20-24-14(10-18(28)27(20)26-19)12-22-17-5-3-2-4-16(17)21/h2-10,22H,11-12H2,1H3,(H2,23,24,25,26). The second-order valence-electron chi connectivity index (χ2n) is 6.33. The summed E-state index contributed by atoms with van der Waals surface area (Å²) in [5.74, 6) is 1.07. The molecule has 4 aromatic rings. The van der Waals surface area contributed by atoms with Gasteiger partial charge in [0.1, 0.15) is 11.6 Å². The molecule has 0 fully saturated rings. The molecule has 29 heavy (non-hydrogen) atoms. The average molecular weight is 394 g/mol. The fourth-order valence-electron chi connectivity index (χ4n) is 2.82. The minimum atomic E-state index is -0.366. The number of rotatable bonds is 7. The van der Waals surface area contributed by atoms with E-state index in [1.165, 1.54) is 16.6 Å². The van der Waals surface area contributed by atoms with Gasteiger partial charge in [0.15, 0.2) is 0 Å². The largest absolute Gasteiger partial charge is 0.497 e. The van der Waals surface area contributed by atoms with E-state index in [2.05, 4.69) is 25.7 Å². The van der Waals surface area contributed by atoms with Gasteiger partial charge in [-0.3, -0.25) is 9.89 Å². The number of aromatic nitrogens is 4. The summed E-state index contributed by atoms with van der Waals surface area (Å²) in [6, 6.07) is 15.3. The Labute approximate surface area is 165 Å². The van der Waals surface area contributed by atoms with Gasteiger partial charge in [-0.25, -0.2) is 9.37 Å². The number of anilines is 2. The molecule has 0 bridgehead atoms. The first-order valence-corrected chi connectivity index (χ1v) is 8.96. The molecular weight excluding hydrogens is 375 g/mol. The Morgan fingerprint density at radius 1 is 1.07 bits per heavy atom. The van der Waals surface area contributed by atoms with E-state index < -0.39 is 0 Å². The van der Waals surface area contributed by atoms with Gasteiger partial charge >= 0.3 is 0 Å². The van der Waals surface area contributed by atoms with Crippen molar-refractivity contribution in [1.82, 2.24) is 19.6 Å². The molecule has 2 heterocycles. The van der Waals surface area contributed by atoms with Crippen LogP contribution in [0, 0.1) is 5.82 Å². The first kappa shape index (κ1) is 18.5. The normalized spacial score (nSPS) is 10.8. The summed E-state index contributed by atoms with van der Waals surface area (Å²) in [5, 5.41) is 8.94. The van der Waals surface area contributed by atoms with E-state index >= 15 is 0 Å². The quantitative estimate of drug-likeness (QED) is 0.446. The maximum atomic E-state index is 13.7. The summed E-state index contributed by atoms with van der Waals surface area (Å²) in [6.07, 6.45) is 0. The van der Waals surface area contributed by atoms with Crippen LogP contribution in [-0.4, -0.2) is 26.7 Å². The summed E-state index contributed by atoms with van der Waals surface area (Å²) in [5.41, 5.74) is 1.54. The van der Waals surface area contributed by atoms with Crippen LogP contribution in [0.15, 0.2) is 59.4 Å². The Hall–Kier alpha value is -3.88. The Balaban J connectivity index is 1.47. The summed E-state index contributed by atoms with van der Waals surface area (Å²) in [7, 11) is 1.62. The van der Waals surface area contributed by atoms with Crippen LogP contribution in [0.3, 0.4) is 0 Å². The highest BCUT2D eigenvalue weighted by molar-refractivity contribution is 5.45. The van der Waals surface area contributed by atoms with Crippen molar-refractivity contribution in [2.45, 2.75) is 13.1 Å². The molecule has 0 unspecified atom stereocenters. The Morgan fingerprint density at radius 3 is 2.62 bits per heavy atom. The van der Waals surface area contributed by atoms with Gasteiger partial charge in [0, 0.05) is 12.6 Å². The highest BCUT2D eigenvalue weighted by Crippen LogP contribution is 2.14. The van der Waals surface area contributed by atoms with Crippen molar-refractivity contribution in [3.63, 3.8) is 0 Å². The maximum absolute atomic E-state index is 13.7. The summed E-state index contributed by atoms with van der Waals surface area (Å²) in [6.45, 7) is 0.717. The molecule has 0 spiro atoms. The zero-order valence-electron chi connectivity index (χ0n) is 15.6. The zero-order chi connectivity index (χ0) is 20.2. The molecular formula is C20H19FN6O2. The molecule has 0 aliphatic rings. The number of methoxy groups -OCH3 is 1. The third kappa shape index (κ3) is 4.18. The maximum Gasteiger partial charge on any atom is 0.274 e. The van der Waals surface area contributed by atoms with E-state index in [1.807, 2.05) is 24.3 Å². The number of hydrogen-bond acceptors (Lipinski definition) is 6. The van der Waals surface area contributed by atoms with Gasteiger partial charge in [-0.15, -0.1) is 0 Å². The van der Waals surface area contributed by atoms with Crippen molar-refractivity contribution < 1.29 is 9.13 Å². The van der Waals surface area contributed by atoms with E-state index in [-0.39, 0.29) is 23.7 Å². The second kappa shape index (κ2) is 8.01. The third-order valence-corrected chi connectivity index (χ3v) is 4.34. The number of halogens is 1. The van der Waals surface area contributed by atoms with E-state index in [4.69, 9.17) is 4.74 Å². The van der Waals surface area contributed by atoms with Gasteiger partial charge in [0.25, 0.3) is 11.3 Å². The van der Waals surface area contributed by atoms with Crippen molar-refractivity contribution in [2.75, 3.05) is 17.7 Å². The zero-order valence-corrected chi connectivity index (χ0v) is 15.6. The van der Waals surface area contributed by atoms with Crippen LogP contribution in [-0.2, 0) is 13.1 Å². The highest BCUT2D eigenvalue weighted by Gasteiger charge is 2.09. The minimum absolute atomic E-state index is 0.203. The monoisotopic (exact) mass is 394 g/mol. The first-order valence-electron chi connectivity index (χ1n) is 8.96. The molecule has 0 atom stereocenters. The lowest BCUT2D eigenvalue weighted by Crippen LogP contribution is -2.17. The van der Waals surface area contributed by atoms with Crippen LogP contribution in [0.4, 0.5) is 16.0 Å². The van der Waals surface area contributed by atoms with Crippen LogP contribution < -0.4 is 20.9 Å². The lowest BCUT2D eigenvalue weighted by atomic mass is 10.2. The smallest absolute Gasteiger partial charge is 0.274 e. The number of benzene rings is 2. The molecule has 0 amide bonds. The summed E-state index contributed by atoms with van der Waals surface area (Å²) < 4.78 is 20.1. The molecule has 0 aliphatic carbocycles. The molecule has 3 N–H and O–H groups in total. The molecule has 9 heteroatoms.